The molecular formula is C15H11FN4O. The second-order valence-corrected chi connectivity index (χ2v) is 4.62. The highest BCUT2D eigenvalue weighted by atomic mass is 19.1. The first kappa shape index (κ1) is 13.1. The lowest BCUT2D eigenvalue weighted by molar-refractivity contribution is 0.421. The van der Waals surface area contributed by atoms with Gasteiger partial charge in [-0.15, -0.1) is 0 Å². The molecule has 0 unspecified atom stereocenters. The largest absolute Gasteiger partial charge is 0.345 e. The van der Waals surface area contributed by atoms with E-state index in [4.69, 9.17) is 9.78 Å². The lowest BCUT2D eigenvalue weighted by Gasteiger charge is -1.97. The van der Waals surface area contributed by atoms with E-state index in [0.29, 0.717) is 28.5 Å². The van der Waals surface area contributed by atoms with E-state index < -0.39 is 0 Å². The molecule has 0 bridgehead atoms. The van der Waals surface area contributed by atoms with Crippen molar-refractivity contribution in [1.29, 1.82) is 5.26 Å². The van der Waals surface area contributed by atoms with Crippen molar-refractivity contribution in [3.63, 3.8) is 0 Å². The fourth-order valence-corrected chi connectivity index (χ4v) is 2.08. The van der Waals surface area contributed by atoms with Crippen molar-refractivity contribution in [3.05, 3.63) is 59.3 Å². The van der Waals surface area contributed by atoms with Crippen LogP contribution >= 0.6 is 0 Å². The van der Waals surface area contributed by atoms with Crippen LogP contribution in [0, 0.1) is 17.1 Å². The zero-order chi connectivity index (χ0) is 14.8. The van der Waals surface area contributed by atoms with Crippen LogP contribution in [0.2, 0.25) is 0 Å². The van der Waals surface area contributed by atoms with Gasteiger partial charge in [0.1, 0.15) is 17.6 Å². The molecule has 0 atom stereocenters. The normalized spacial score (nSPS) is 10.5. The van der Waals surface area contributed by atoms with Crippen LogP contribution in [-0.2, 0) is 13.5 Å². The molecule has 0 N–H and O–H groups in total. The summed E-state index contributed by atoms with van der Waals surface area (Å²) in [5, 5.41) is 12.7. The first-order valence-electron chi connectivity index (χ1n) is 6.30. The van der Waals surface area contributed by atoms with Crippen molar-refractivity contribution in [3.8, 4) is 17.7 Å². The Morgan fingerprint density at radius 1 is 1.38 bits per heavy atom. The summed E-state index contributed by atoms with van der Waals surface area (Å²) in [6.07, 6.45) is 1.93. The van der Waals surface area contributed by atoms with E-state index >= 15 is 0 Å². The van der Waals surface area contributed by atoms with E-state index in [1.807, 2.05) is 0 Å². The van der Waals surface area contributed by atoms with Crippen molar-refractivity contribution >= 4 is 0 Å². The average molecular weight is 282 g/mol. The maximum Gasteiger partial charge on any atom is 0.274 e. The van der Waals surface area contributed by atoms with Crippen LogP contribution in [0.5, 0.6) is 0 Å². The van der Waals surface area contributed by atoms with Crippen molar-refractivity contribution in [1.82, 2.24) is 14.7 Å². The van der Waals surface area contributed by atoms with Crippen molar-refractivity contribution in [2.24, 2.45) is 7.05 Å². The number of halogens is 1. The smallest absolute Gasteiger partial charge is 0.274 e. The van der Waals surface area contributed by atoms with Crippen molar-refractivity contribution < 1.29 is 8.91 Å². The van der Waals surface area contributed by atoms with Crippen LogP contribution in [0.3, 0.4) is 0 Å². The molecule has 6 heteroatoms. The van der Waals surface area contributed by atoms with Crippen LogP contribution in [0.1, 0.15) is 17.0 Å². The molecule has 0 aliphatic heterocycles. The second-order valence-electron chi connectivity index (χ2n) is 4.62. The van der Waals surface area contributed by atoms with Gasteiger partial charge in [-0.25, -0.2) is 4.39 Å². The maximum atomic E-state index is 13.6. The molecule has 3 rings (SSSR count). The summed E-state index contributed by atoms with van der Waals surface area (Å²) in [7, 11) is 1.79. The van der Waals surface area contributed by atoms with Gasteiger partial charge in [-0.2, -0.15) is 10.2 Å². The second kappa shape index (κ2) is 5.21. The third kappa shape index (κ3) is 2.54. The lowest BCUT2D eigenvalue weighted by atomic mass is 10.1. The summed E-state index contributed by atoms with van der Waals surface area (Å²) >= 11 is 0. The van der Waals surface area contributed by atoms with Crippen molar-refractivity contribution in [2.75, 3.05) is 0 Å². The molecule has 0 spiro atoms. The molecule has 1 aromatic carbocycles. The molecule has 0 saturated heterocycles. The number of hydrogen-bond donors (Lipinski definition) is 0. The molecule has 0 saturated carbocycles. The monoisotopic (exact) mass is 282 g/mol. The molecule has 0 radical (unpaired) electrons. The fraction of sp³-hybridized carbons (Fsp3) is 0.133. The Bertz CT molecular complexity index is 828. The molecule has 0 amide bonds. The molecule has 0 fully saturated rings. The van der Waals surface area contributed by atoms with Gasteiger partial charge in [0.25, 0.3) is 5.89 Å². The Labute approximate surface area is 120 Å². The summed E-state index contributed by atoms with van der Waals surface area (Å²) in [6, 6.07) is 10.2. The van der Waals surface area contributed by atoms with E-state index in [0.717, 1.165) is 0 Å². The van der Waals surface area contributed by atoms with Gasteiger partial charge in [-0.3, -0.25) is 0 Å². The summed E-state index contributed by atoms with van der Waals surface area (Å²) in [6.45, 7) is 0. The first-order valence-corrected chi connectivity index (χ1v) is 6.30. The Morgan fingerprint density at radius 2 is 2.19 bits per heavy atom. The molecule has 5 nitrogen and oxygen atoms in total. The van der Waals surface area contributed by atoms with E-state index in [9.17, 15) is 4.39 Å². The number of aryl methyl sites for hydroxylation is 1. The number of aromatic nitrogens is 3. The SMILES string of the molecule is Cn1cc(C#N)cc1-c1nc(Cc2ccccc2F)no1. The Hall–Kier alpha value is -2.94. The quantitative estimate of drug-likeness (QED) is 0.740. The van der Waals surface area contributed by atoms with Crippen molar-refractivity contribution in [2.45, 2.75) is 6.42 Å². The minimum atomic E-state index is -0.297. The number of benzene rings is 1. The zero-order valence-electron chi connectivity index (χ0n) is 11.2. The Balaban J connectivity index is 1.88. The number of hydrogen-bond acceptors (Lipinski definition) is 4. The van der Waals surface area contributed by atoms with Gasteiger partial charge in [0, 0.05) is 19.7 Å². The molecule has 3 aromatic rings. The Morgan fingerprint density at radius 3 is 2.90 bits per heavy atom. The maximum absolute atomic E-state index is 13.6. The summed E-state index contributed by atoms with van der Waals surface area (Å²) in [4.78, 5) is 4.25. The van der Waals surface area contributed by atoms with Crippen LogP contribution in [0.25, 0.3) is 11.6 Å². The average Bonchev–Trinajstić information content (AvgIpc) is 3.07. The number of nitrogens with zero attached hydrogens (tertiary/aromatic N) is 4. The van der Waals surface area contributed by atoms with Crippen LogP contribution in [0.15, 0.2) is 41.1 Å². The highest BCUT2D eigenvalue weighted by Gasteiger charge is 2.14. The molecule has 21 heavy (non-hydrogen) atoms. The van der Waals surface area contributed by atoms with E-state index in [1.54, 1.807) is 42.1 Å². The van der Waals surface area contributed by atoms with Crippen LogP contribution in [0.4, 0.5) is 4.39 Å². The summed E-state index contributed by atoms with van der Waals surface area (Å²) < 4.78 is 20.5. The van der Waals surface area contributed by atoms with Gasteiger partial charge in [0.2, 0.25) is 0 Å². The number of rotatable bonds is 3. The van der Waals surface area contributed by atoms with Gasteiger partial charge >= 0.3 is 0 Å². The highest BCUT2D eigenvalue weighted by Crippen LogP contribution is 2.20. The molecule has 2 aromatic heterocycles. The summed E-state index contributed by atoms with van der Waals surface area (Å²) in [5.74, 6) is 0.412. The summed E-state index contributed by atoms with van der Waals surface area (Å²) in [5.41, 5.74) is 1.68. The van der Waals surface area contributed by atoms with E-state index in [-0.39, 0.29) is 12.2 Å². The number of nitriles is 1. The van der Waals surface area contributed by atoms with Crippen LogP contribution < -0.4 is 0 Å². The Kier molecular flexibility index (Phi) is 3.24. The predicted octanol–water partition coefficient (Wildman–Crippen LogP) is 2.68. The minimum absolute atomic E-state index is 0.256. The zero-order valence-corrected chi connectivity index (χ0v) is 11.2. The fourth-order valence-electron chi connectivity index (χ4n) is 2.08. The van der Waals surface area contributed by atoms with Crippen LogP contribution in [-0.4, -0.2) is 14.7 Å². The van der Waals surface area contributed by atoms with Gasteiger partial charge in [-0.1, -0.05) is 23.4 Å². The molecule has 0 aliphatic rings. The molecule has 0 aliphatic carbocycles. The lowest BCUT2D eigenvalue weighted by Crippen LogP contribution is -1.94. The minimum Gasteiger partial charge on any atom is -0.345 e. The third-order valence-corrected chi connectivity index (χ3v) is 3.13. The highest BCUT2D eigenvalue weighted by molar-refractivity contribution is 5.52. The predicted molar refractivity (Wildman–Crippen MR) is 72.6 cm³/mol. The van der Waals surface area contributed by atoms with E-state index in [2.05, 4.69) is 16.2 Å². The van der Waals surface area contributed by atoms with Gasteiger partial charge in [0.05, 0.1) is 5.56 Å². The standard InChI is InChI=1S/C15H11FN4O/c1-20-9-10(8-17)6-13(20)15-18-14(19-21-15)7-11-4-2-3-5-12(11)16/h2-6,9H,7H2,1H3. The van der Waals surface area contributed by atoms with Gasteiger partial charge in [0.15, 0.2) is 5.82 Å². The topological polar surface area (TPSA) is 67.6 Å². The first-order chi connectivity index (χ1) is 10.2. The van der Waals surface area contributed by atoms with E-state index in [1.165, 1.54) is 6.07 Å². The molecule has 104 valence electrons. The molecule has 2 heterocycles. The molecular weight excluding hydrogens is 271 g/mol. The van der Waals surface area contributed by atoms with Gasteiger partial charge in [-0.05, 0) is 17.7 Å². The third-order valence-electron chi connectivity index (χ3n) is 3.13. The van der Waals surface area contributed by atoms with Gasteiger partial charge < -0.3 is 9.09 Å².